The van der Waals surface area contributed by atoms with Gasteiger partial charge in [-0.1, -0.05) is 0 Å². The quantitative estimate of drug-likeness (QED) is 0.615. The summed E-state index contributed by atoms with van der Waals surface area (Å²) in [5.41, 5.74) is 11.2. The number of guanidine groups is 2. The molecule has 0 saturated carbocycles. The van der Waals surface area contributed by atoms with Gasteiger partial charge in [0.15, 0.2) is 5.96 Å². The molecule has 1 atom stereocenters. The smallest absolute Gasteiger partial charge is 0.369 e. The van der Waals surface area contributed by atoms with Crippen LogP contribution in [-0.4, -0.2) is 29.4 Å². The van der Waals surface area contributed by atoms with Gasteiger partial charge in [0.25, 0.3) is 0 Å². The van der Waals surface area contributed by atoms with Crippen LogP contribution in [0.5, 0.6) is 0 Å². The molecule has 23 heavy (non-hydrogen) atoms. The van der Waals surface area contributed by atoms with Crippen LogP contribution in [0.15, 0.2) is 34.3 Å². The number of hydrogen-bond donors (Lipinski definition) is 2. The molecular formula is C15H20F3N5. The summed E-state index contributed by atoms with van der Waals surface area (Å²) in [6.07, 6.45) is -1.15. The number of hydrogen-bond acceptors (Lipinski definition) is 1. The molecule has 5 nitrogen and oxygen atoms in total. The van der Waals surface area contributed by atoms with Gasteiger partial charge in [0.2, 0.25) is 5.96 Å². The molecule has 126 valence electrons. The van der Waals surface area contributed by atoms with E-state index in [0.29, 0.717) is 5.69 Å². The molecular weight excluding hydrogens is 307 g/mol. The number of alkyl halides is 3. The third-order valence-electron chi connectivity index (χ3n) is 3.76. The van der Waals surface area contributed by atoms with E-state index in [4.69, 9.17) is 11.5 Å². The Kier molecular flexibility index (Phi) is 5.12. The highest BCUT2D eigenvalue weighted by Gasteiger charge is 2.29. The van der Waals surface area contributed by atoms with E-state index >= 15 is 0 Å². The molecule has 2 rings (SSSR count). The number of likely N-dealkylation sites (tertiary alicyclic amines) is 1. The van der Waals surface area contributed by atoms with Gasteiger partial charge in [0.1, 0.15) is 0 Å². The molecule has 1 fully saturated rings. The molecule has 0 spiro atoms. The zero-order chi connectivity index (χ0) is 17.0. The SMILES string of the molecule is CC1CCCCN1/C(N)=N/C(N)=Nc1ccc(C(F)(F)F)cc1. The number of rotatable bonds is 1. The molecule has 1 aromatic carbocycles. The van der Waals surface area contributed by atoms with Crippen molar-refractivity contribution < 1.29 is 13.2 Å². The lowest BCUT2D eigenvalue weighted by Gasteiger charge is -2.34. The Morgan fingerprint density at radius 2 is 1.83 bits per heavy atom. The van der Waals surface area contributed by atoms with Crippen molar-refractivity contribution >= 4 is 17.6 Å². The summed E-state index contributed by atoms with van der Waals surface area (Å²) < 4.78 is 37.5. The Bertz CT molecular complexity index is 592. The molecule has 1 aliphatic rings. The van der Waals surface area contributed by atoms with E-state index < -0.39 is 11.7 Å². The molecule has 1 unspecified atom stereocenters. The lowest BCUT2D eigenvalue weighted by molar-refractivity contribution is -0.137. The first-order valence-corrected chi connectivity index (χ1v) is 7.39. The summed E-state index contributed by atoms with van der Waals surface area (Å²) in [4.78, 5) is 9.98. The third-order valence-corrected chi connectivity index (χ3v) is 3.76. The minimum Gasteiger partial charge on any atom is -0.369 e. The molecule has 0 amide bonds. The fourth-order valence-electron chi connectivity index (χ4n) is 2.50. The van der Waals surface area contributed by atoms with E-state index in [2.05, 4.69) is 16.9 Å². The Labute approximate surface area is 132 Å². The van der Waals surface area contributed by atoms with E-state index in [-0.39, 0.29) is 18.0 Å². The maximum atomic E-state index is 12.5. The number of aliphatic imine (C=N–C) groups is 2. The second-order valence-electron chi connectivity index (χ2n) is 5.52. The van der Waals surface area contributed by atoms with E-state index in [1.807, 2.05) is 4.90 Å². The number of nitrogens with two attached hydrogens (primary N) is 2. The van der Waals surface area contributed by atoms with E-state index in [1.54, 1.807) is 0 Å². The zero-order valence-corrected chi connectivity index (χ0v) is 12.8. The Hall–Kier alpha value is -2.25. The summed E-state index contributed by atoms with van der Waals surface area (Å²) in [5.74, 6) is 0.199. The number of benzene rings is 1. The monoisotopic (exact) mass is 327 g/mol. The van der Waals surface area contributed by atoms with Gasteiger partial charge >= 0.3 is 6.18 Å². The predicted molar refractivity (Wildman–Crippen MR) is 84.4 cm³/mol. The summed E-state index contributed by atoms with van der Waals surface area (Å²) in [6.45, 7) is 2.87. The molecule has 8 heteroatoms. The molecule has 1 saturated heterocycles. The fraction of sp³-hybridized carbons (Fsp3) is 0.467. The lowest BCUT2D eigenvalue weighted by Crippen LogP contribution is -2.46. The van der Waals surface area contributed by atoms with Crippen LogP contribution in [0.1, 0.15) is 31.7 Å². The minimum atomic E-state index is -4.37. The molecule has 0 aliphatic carbocycles. The third kappa shape index (κ3) is 4.61. The Balaban J connectivity index is 2.11. The van der Waals surface area contributed by atoms with Crippen molar-refractivity contribution in [1.29, 1.82) is 0 Å². The first kappa shape index (κ1) is 17.1. The summed E-state index contributed by atoms with van der Waals surface area (Å²) >= 11 is 0. The van der Waals surface area contributed by atoms with Crippen molar-refractivity contribution in [2.45, 2.75) is 38.4 Å². The largest absolute Gasteiger partial charge is 0.416 e. The van der Waals surface area contributed by atoms with Crippen LogP contribution in [0.25, 0.3) is 0 Å². The molecule has 1 aliphatic heterocycles. The van der Waals surface area contributed by atoms with Gasteiger partial charge in [-0.25, -0.2) is 4.99 Å². The number of nitrogens with zero attached hydrogens (tertiary/aromatic N) is 3. The van der Waals surface area contributed by atoms with Crippen molar-refractivity contribution in [3.63, 3.8) is 0 Å². The van der Waals surface area contributed by atoms with E-state index in [0.717, 1.165) is 37.9 Å². The van der Waals surface area contributed by atoms with Crippen LogP contribution in [0.3, 0.4) is 0 Å². The summed E-state index contributed by atoms with van der Waals surface area (Å²) in [7, 11) is 0. The zero-order valence-electron chi connectivity index (χ0n) is 12.8. The standard InChI is InChI=1S/C15H20F3N5/c1-10-4-2-3-9-23(10)14(20)22-13(19)21-12-7-5-11(6-8-12)15(16,17)18/h5-8,10H,2-4,9H2,1H3,(H4,19,20,21,22). The van der Waals surface area contributed by atoms with Gasteiger partial charge in [0.05, 0.1) is 11.3 Å². The highest BCUT2D eigenvalue weighted by Crippen LogP contribution is 2.30. The first-order chi connectivity index (χ1) is 10.8. The van der Waals surface area contributed by atoms with Gasteiger partial charge in [-0.2, -0.15) is 18.2 Å². The predicted octanol–water partition coefficient (Wildman–Crippen LogP) is 2.84. The highest BCUT2D eigenvalue weighted by atomic mass is 19.4. The average Bonchev–Trinajstić information content (AvgIpc) is 2.47. The molecule has 0 radical (unpaired) electrons. The molecule has 0 bridgehead atoms. The molecule has 1 heterocycles. The molecule has 1 aromatic rings. The van der Waals surface area contributed by atoms with Crippen molar-refractivity contribution in [3.8, 4) is 0 Å². The van der Waals surface area contributed by atoms with Gasteiger partial charge in [0, 0.05) is 12.6 Å². The normalized spacial score (nSPS) is 20.7. The van der Waals surface area contributed by atoms with Crippen molar-refractivity contribution in [3.05, 3.63) is 29.8 Å². The van der Waals surface area contributed by atoms with E-state index in [9.17, 15) is 13.2 Å². The van der Waals surface area contributed by atoms with Crippen LogP contribution < -0.4 is 11.5 Å². The second-order valence-corrected chi connectivity index (χ2v) is 5.52. The Morgan fingerprint density at radius 3 is 2.39 bits per heavy atom. The maximum absolute atomic E-state index is 12.5. The van der Waals surface area contributed by atoms with Crippen LogP contribution in [0, 0.1) is 0 Å². The van der Waals surface area contributed by atoms with Crippen molar-refractivity contribution in [1.82, 2.24) is 4.90 Å². The number of halogens is 3. The second kappa shape index (κ2) is 6.89. The molecule has 4 N–H and O–H groups in total. The van der Waals surface area contributed by atoms with Crippen LogP contribution >= 0.6 is 0 Å². The van der Waals surface area contributed by atoms with Crippen molar-refractivity contribution in [2.75, 3.05) is 6.54 Å². The number of piperidine rings is 1. The maximum Gasteiger partial charge on any atom is 0.416 e. The van der Waals surface area contributed by atoms with Gasteiger partial charge in [-0.05, 0) is 50.5 Å². The fourth-order valence-corrected chi connectivity index (χ4v) is 2.50. The van der Waals surface area contributed by atoms with Crippen LogP contribution in [0.2, 0.25) is 0 Å². The summed E-state index contributed by atoms with van der Waals surface area (Å²) in [6, 6.07) is 4.67. The topological polar surface area (TPSA) is 80.0 Å². The highest BCUT2D eigenvalue weighted by molar-refractivity contribution is 5.94. The van der Waals surface area contributed by atoms with Gasteiger partial charge < -0.3 is 16.4 Å². The van der Waals surface area contributed by atoms with Crippen LogP contribution in [-0.2, 0) is 6.18 Å². The summed E-state index contributed by atoms with van der Waals surface area (Å²) in [5, 5.41) is 0. The minimum absolute atomic E-state index is 0.0833. The van der Waals surface area contributed by atoms with Crippen molar-refractivity contribution in [2.24, 2.45) is 21.5 Å². The Morgan fingerprint density at radius 1 is 1.17 bits per heavy atom. The average molecular weight is 327 g/mol. The van der Waals surface area contributed by atoms with Gasteiger partial charge in [-0.3, -0.25) is 0 Å². The van der Waals surface area contributed by atoms with E-state index in [1.165, 1.54) is 12.1 Å². The lowest BCUT2D eigenvalue weighted by atomic mass is 10.0. The van der Waals surface area contributed by atoms with Gasteiger partial charge in [-0.15, -0.1) is 0 Å². The molecule has 0 aromatic heterocycles. The first-order valence-electron chi connectivity index (χ1n) is 7.39. The van der Waals surface area contributed by atoms with Crippen LogP contribution in [0.4, 0.5) is 18.9 Å².